The van der Waals surface area contributed by atoms with E-state index in [2.05, 4.69) is 20.2 Å². The van der Waals surface area contributed by atoms with Gasteiger partial charge in [-0.3, -0.25) is 14.7 Å². The van der Waals surface area contributed by atoms with Gasteiger partial charge in [0.15, 0.2) is 0 Å². The number of ether oxygens (including phenoxy) is 1. The zero-order chi connectivity index (χ0) is 19.9. The maximum atomic E-state index is 12.3. The van der Waals surface area contributed by atoms with Gasteiger partial charge in [-0.2, -0.15) is 0 Å². The highest BCUT2D eigenvalue weighted by Gasteiger charge is 2.42. The molecule has 150 valence electrons. The smallest absolute Gasteiger partial charge is 0.320 e. The molecule has 0 saturated carbocycles. The predicted octanol–water partition coefficient (Wildman–Crippen LogP) is 4.03. The van der Waals surface area contributed by atoms with Crippen LogP contribution < -0.4 is 5.32 Å². The van der Waals surface area contributed by atoms with Crippen molar-refractivity contribution in [1.82, 2.24) is 14.9 Å². The lowest BCUT2D eigenvalue weighted by Crippen LogP contribution is -2.49. The van der Waals surface area contributed by atoms with Crippen molar-refractivity contribution >= 4 is 34.3 Å². The highest BCUT2D eigenvalue weighted by molar-refractivity contribution is 6.30. The van der Waals surface area contributed by atoms with Crippen LogP contribution in [0.15, 0.2) is 24.4 Å². The number of hydrogen-bond acceptors (Lipinski definition) is 6. The van der Waals surface area contributed by atoms with Gasteiger partial charge in [0.1, 0.15) is 16.6 Å². The van der Waals surface area contributed by atoms with Crippen LogP contribution in [0.2, 0.25) is 5.15 Å². The molecule has 3 atom stereocenters. The predicted molar refractivity (Wildman–Crippen MR) is 111 cm³/mol. The zero-order valence-electron chi connectivity index (χ0n) is 16.6. The molecule has 2 aliphatic heterocycles. The Bertz CT molecular complexity index is 868. The summed E-state index contributed by atoms with van der Waals surface area (Å²) < 4.78 is 5.52. The fraction of sp³-hybridized carbons (Fsp3) is 0.571. The molecular weight excluding hydrogens is 376 g/mol. The number of halogens is 1. The van der Waals surface area contributed by atoms with Gasteiger partial charge in [-0.05, 0) is 58.6 Å². The van der Waals surface area contributed by atoms with E-state index >= 15 is 0 Å². The first kappa shape index (κ1) is 19.4. The third kappa shape index (κ3) is 4.23. The SMILES string of the molecule is CC(C)(C)OC(=O)CN1[C@@H]2CC[C@H]1CC(Nc1nc(Cl)cc3ncccc13)C2. The fourth-order valence-electron chi connectivity index (χ4n) is 4.52. The molecule has 7 heteroatoms. The van der Waals surface area contributed by atoms with Gasteiger partial charge in [0.05, 0.1) is 12.1 Å². The molecule has 4 heterocycles. The van der Waals surface area contributed by atoms with Crippen LogP contribution in [0.3, 0.4) is 0 Å². The van der Waals surface area contributed by atoms with Crippen LogP contribution in [-0.2, 0) is 9.53 Å². The monoisotopic (exact) mass is 402 g/mol. The number of esters is 1. The van der Waals surface area contributed by atoms with Crippen molar-refractivity contribution in [1.29, 1.82) is 0 Å². The number of carbonyl (C=O) groups excluding carboxylic acids is 1. The van der Waals surface area contributed by atoms with Crippen LogP contribution in [0.4, 0.5) is 5.82 Å². The molecule has 28 heavy (non-hydrogen) atoms. The van der Waals surface area contributed by atoms with Crippen molar-refractivity contribution < 1.29 is 9.53 Å². The highest BCUT2D eigenvalue weighted by atomic mass is 35.5. The summed E-state index contributed by atoms with van der Waals surface area (Å²) in [6.45, 7) is 6.11. The second-order valence-corrected chi connectivity index (χ2v) is 9.21. The molecule has 2 aliphatic rings. The van der Waals surface area contributed by atoms with Crippen LogP contribution in [0.25, 0.3) is 10.9 Å². The number of aromatic nitrogens is 2. The van der Waals surface area contributed by atoms with E-state index in [1.807, 2.05) is 32.9 Å². The van der Waals surface area contributed by atoms with Crippen LogP contribution >= 0.6 is 11.6 Å². The average Bonchev–Trinajstić information content (AvgIpc) is 2.83. The molecule has 0 radical (unpaired) electrons. The van der Waals surface area contributed by atoms with Crippen LogP contribution in [0, 0.1) is 0 Å². The third-order valence-electron chi connectivity index (χ3n) is 5.52. The van der Waals surface area contributed by atoms with Gasteiger partial charge in [0.2, 0.25) is 0 Å². The van der Waals surface area contributed by atoms with Gasteiger partial charge in [-0.15, -0.1) is 0 Å². The summed E-state index contributed by atoms with van der Waals surface area (Å²) in [5, 5.41) is 5.02. The number of piperidine rings is 1. The van der Waals surface area contributed by atoms with E-state index in [0.29, 0.717) is 29.8 Å². The first-order valence-electron chi connectivity index (χ1n) is 9.94. The Kier molecular flexibility index (Phi) is 5.19. The summed E-state index contributed by atoms with van der Waals surface area (Å²) in [6, 6.07) is 6.81. The van der Waals surface area contributed by atoms with E-state index in [4.69, 9.17) is 16.3 Å². The lowest BCUT2D eigenvalue weighted by Gasteiger charge is -2.39. The molecule has 6 nitrogen and oxygen atoms in total. The normalized spacial score (nSPS) is 25.1. The molecule has 0 amide bonds. The molecule has 2 fully saturated rings. The van der Waals surface area contributed by atoms with Crippen LogP contribution in [-0.4, -0.2) is 51.1 Å². The molecule has 0 aliphatic carbocycles. The Balaban J connectivity index is 1.45. The summed E-state index contributed by atoms with van der Waals surface area (Å²) in [7, 11) is 0. The number of nitrogens with one attached hydrogen (secondary N) is 1. The molecule has 2 saturated heterocycles. The minimum absolute atomic E-state index is 0.135. The van der Waals surface area contributed by atoms with Crippen LogP contribution in [0.5, 0.6) is 0 Å². The minimum atomic E-state index is -0.441. The standard InChI is InChI=1S/C21H27ClN4O2/c1-21(2,3)28-19(27)12-26-14-6-7-15(26)10-13(9-14)24-20-16-5-4-8-23-17(16)11-18(22)25-20/h4-5,8,11,13-15H,6-7,9-10,12H2,1-3H3,(H,24,25)/t13?,14-,15+. The molecule has 0 aromatic carbocycles. The summed E-state index contributed by atoms with van der Waals surface area (Å²) >= 11 is 6.19. The van der Waals surface area contributed by atoms with Crippen LogP contribution in [0.1, 0.15) is 46.5 Å². The van der Waals surface area contributed by atoms with Crippen molar-refractivity contribution in [2.24, 2.45) is 0 Å². The largest absolute Gasteiger partial charge is 0.459 e. The van der Waals surface area contributed by atoms with Gasteiger partial charge >= 0.3 is 5.97 Å². The van der Waals surface area contributed by atoms with Crippen molar-refractivity contribution in [3.05, 3.63) is 29.5 Å². The first-order valence-corrected chi connectivity index (χ1v) is 10.3. The summed E-state index contributed by atoms with van der Waals surface area (Å²) in [5.41, 5.74) is 0.402. The Morgan fingerprint density at radius 2 is 2.04 bits per heavy atom. The molecular formula is C21H27ClN4O2. The van der Waals surface area contributed by atoms with Crippen molar-refractivity contribution in [2.45, 2.75) is 70.2 Å². The zero-order valence-corrected chi connectivity index (χ0v) is 17.4. The lowest BCUT2D eigenvalue weighted by atomic mass is 9.97. The van der Waals surface area contributed by atoms with Gasteiger partial charge < -0.3 is 10.1 Å². The number of anilines is 1. The first-order chi connectivity index (χ1) is 13.3. The highest BCUT2D eigenvalue weighted by Crippen LogP contribution is 2.37. The maximum absolute atomic E-state index is 12.3. The Morgan fingerprint density at radius 3 is 2.71 bits per heavy atom. The molecule has 1 unspecified atom stereocenters. The summed E-state index contributed by atoms with van der Waals surface area (Å²) in [6.07, 6.45) is 5.97. The molecule has 4 rings (SSSR count). The summed E-state index contributed by atoms with van der Waals surface area (Å²) in [4.78, 5) is 23.5. The average molecular weight is 403 g/mol. The number of nitrogens with zero attached hydrogens (tertiary/aromatic N) is 3. The quantitative estimate of drug-likeness (QED) is 0.615. The van der Waals surface area contributed by atoms with Gasteiger partial charge in [0, 0.05) is 35.8 Å². The Morgan fingerprint density at radius 1 is 1.32 bits per heavy atom. The third-order valence-corrected chi connectivity index (χ3v) is 5.72. The van der Waals surface area contributed by atoms with Gasteiger partial charge in [-0.25, -0.2) is 4.98 Å². The van der Waals surface area contributed by atoms with Gasteiger partial charge in [0.25, 0.3) is 0 Å². The van der Waals surface area contributed by atoms with E-state index in [1.54, 1.807) is 12.3 Å². The Labute approximate surface area is 170 Å². The maximum Gasteiger partial charge on any atom is 0.320 e. The van der Waals surface area contributed by atoms with Gasteiger partial charge in [-0.1, -0.05) is 11.6 Å². The molecule has 1 N–H and O–H groups in total. The second-order valence-electron chi connectivity index (χ2n) is 8.82. The van der Waals surface area contributed by atoms with Crippen molar-refractivity contribution in [2.75, 3.05) is 11.9 Å². The number of rotatable bonds is 4. The molecule has 2 bridgehead atoms. The fourth-order valence-corrected chi connectivity index (χ4v) is 4.71. The second kappa shape index (κ2) is 7.48. The molecule has 2 aromatic heterocycles. The molecule has 2 aromatic rings. The van der Waals surface area contributed by atoms with Crippen molar-refractivity contribution in [3.8, 4) is 0 Å². The molecule has 0 spiro atoms. The Hall–Kier alpha value is -1.92. The van der Waals surface area contributed by atoms with E-state index in [0.717, 1.165) is 42.4 Å². The lowest BCUT2D eigenvalue weighted by molar-refractivity contribution is -0.157. The number of pyridine rings is 2. The number of hydrogen-bond donors (Lipinski definition) is 1. The number of carbonyl (C=O) groups is 1. The summed E-state index contributed by atoms with van der Waals surface area (Å²) in [5.74, 6) is 0.657. The van der Waals surface area contributed by atoms with E-state index in [9.17, 15) is 4.79 Å². The van der Waals surface area contributed by atoms with E-state index < -0.39 is 5.60 Å². The minimum Gasteiger partial charge on any atom is -0.459 e. The number of fused-ring (bicyclic) bond motifs is 3. The van der Waals surface area contributed by atoms with E-state index in [-0.39, 0.29) is 5.97 Å². The topological polar surface area (TPSA) is 67.3 Å². The van der Waals surface area contributed by atoms with E-state index in [1.165, 1.54) is 0 Å². The van der Waals surface area contributed by atoms with Crippen molar-refractivity contribution in [3.63, 3.8) is 0 Å².